The van der Waals surface area contributed by atoms with Crippen LogP contribution in [-0.2, 0) is 15.1 Å². The fourth-order valence-corrected chi connectivity index (χ4v) is 6.40. The molecule has 166 valence electrons. The molecule has 1 N–H and O–H groups in total. The molecule has 5 heteroatoms. The normalized spacial score (nSPS) is 35.0. The number of ether oxygens (including phenoxy) is 1. The van der Waals surface area contributed by atoms with Gasteiger partial charge < -0.3 is 14.7 Å². The van der Waals surface area contributed by atoms with Gasteiger partial charge in [0.2, 0.25) is 0 Å². The Morgan fingerprint density at radius 3 is 2.61 bits per heavy atom. The number of fused-ring (bicyclic) bond motifs is 2. The van der Waals surface area contributed by atoms with Gasteiger partial charge in [-0.2, -0.15) is 0 Å². The van der Waals surface area contributed by atoms with E-state index in [2.05, 4.69) is 30.9 Å². The van der Waals surface area contributed by atoms with Crippen LogP contribution in [0, 0.1) is 17.3 Å². The Labute approximate surface area is 189 Å². The van der Waals surface area contributed by atoms with Crippen molar-refractivity contribution >= 4 is 17.6 Å². The minimum atomic E-state index is -0.821. The molecule has 1 aromatic rings. The van der Waals surface area contributed by atoms with Gasteiger partial charge in [-0.3, -0.25) is 4.79 Å². The third-order valence-corrected chi connectivity index (χ3v) is 8.47. The second-order valence-electron chi connectivity index (χ2n) is 10.3. The van der Waals surface area contributed by atoms with Gasteiger partial charge in [0.05, 0.1) is 11.5 Å². The molecule has 2 heterocycles. The molecule has 0 spiro atoms. The van der Waals surface area contributed by atoms with E-state index in [9.17, 15) is 9.90 Å². The molecule has 4 nitrogen and oxygen atoms in total. The van der Waals surface area contributed by atoms with Gasteiger partial charge in [-0.1, -0.05) is 48.4 Å². The summed E-state index contributed by atoms with van der Waals surface area (Å²) in [6.07, 6.45) is 9.21. The van der Waals surface area contributed by atoms with E-state index in [0.717, 1.165) is 37.9 Å². The lowest BCUT2D eigenvalue weighted by molar-refractivity contribution is -0.145. The summed E-state index contributed by atoms with van der Waals surface area (Å²) in [5.41, 5.74) is 3.04. The molecule has 2 fully saturated rings. The maximum Gasteiger partial charge on any atom is 0.311 e. The summed E-state index contributed by atoms with van der Waals surface area (Å²) in [4.78, 5) is 15.2. The number of carbonyl (C=O) groups is 1. The molecule has 31 heavy (non-hydrogen) atoms. The van der Waals surface area contributed by atoms with Gasteiger partial charge in [-0.05, 0) is 67.7 Å². The van der Waals surface area contributed by atoms with Crippen molar-refractivity contribution in [3.05, 3.63) is 58.1 Å². The van der Waals surface area contributed by atoms with Gasteiger partial charge in [0.15, 0.2) is 0 Å². The zero-order chi connectivity index (χ0) is 21.8. The number of rotatable bonds is 3. The fourth-order valence-electron chi connectivity index (χ4n) is 6.27. The standard InChI is InChI=1S/C26H32ClNO3/c1-17-4-3-9-25(2)15-23-20(14-22(17)25)21(24(29)31-23)16-28-12-10-26(30,11-13-28)18-5-7-19(27)8-6-18/h4-8,14,20-21,23,30H,3,9-13,15-16H2,1-2H3. The van der Waals surface area contributed by atoms with E-state index in [-0.39, 0.29) is 29.3 Å². The van der Waals surface area contributed by atoms with Crippen LogP contribution in [0.2, 0.25) is 5.02 Å². The van der Waals surface area contributed by atoms with Crippen LogP contribution < -0.4 is 0 Å². The molecular formula is C26H32ClNO3. The first-order valence-electron chi connectivity index (χ1n) is 11.6. The second-order valence-corrected chi connectivity index (χ2v) is 10.7. The average molecular weight is 442 g/mol. The highest BCUT2D eigenvalue weighted by atomic mass is 35.5. The molecular weight excluding hydrogens is 410 g/mol. The van der Waals surface area contributed by atoms with E-state index < -0.39 is 5.60 Å². The predicted molar refractivity (Wildman–Crippen MR) is 122 cm³/mol. The lowest BCUT2D eigenvalue weighted by Crippen LogP contribution is -2.46. The molecule has 2 saturated heterocycles. The number of nitrogens with zero attached hydrogens (tertiary/aromatic N) is 1. The van der Waals surface area contributed by atoms with E-state index in [1.165, 1.54) is 11.1 Å². The molecule has 2 aliphatic carbocycles. The second kappa shape index (κ2) is 7.75. The van der Waals surface area contributed by atoms with Crippen LogP contribution in [0.5, 0.6) is 0 Å². The third kappa shape index (κ3) is 3.77. The molecule has 1 aromatic carbocycles. The molecule has 0 saturated carbocycles. The number of hydrogen-bond acceptors (Lipinski definition) is 4. The van der Waals surface area contributed by atoms with E-state index in [1.807, 2.05) is 24.3 Å². The smallest absolute Gasteiger partial charge is 0.311 e. The third-order valence-electron chi connectivity index (χ3n) is 8.22. The Balaban J connectivity index is 1.29. The molecule has 0 amide bonds. The van der Waals surface area contributed by atoms with Crippen molar-refractivity contribution in [3.63, 3.8) is 0 Å². The minimum absolute atomic E-state index is 0.00735. The van der Waals surface area contributed by atoms with Crippen LogP contribution in [0.25, 0.3) is 0 Å². The summed E-state index contributed by atoms with van der Waals surface area (Å²) < 4.78 is 5.90. The van der Waals surface area contributed by atoms with Gasteiger partial charge in [0, 0.05) is 30.6 Å². The number of likely N-dealkylation sites (tertiary alicyclic amines) is 1. The number of esters is 1. The number of piperidine rings is 1. The maximum atomic E-state index is 12.8. The summed E-state index contributed by atoms with van der Waals surface area (Å²) in [7, 11) is 0. The quantitative estimate of drug-likeness (QED) is 0.680. The van der Waals surface area contributed by atoms with Crippen molar-refractivity contribution in [2.75, 3.05) is 19.6 Å². The van der Waals surface area contributed by atoms with Crippen molar-refractivity contribution in [2.45, 2.75) is 57.7 Å². The lowest BCUT2D eigenvalue weighted by Gasteiger charge is -2.43. The van der Waals surface area contributed by atoms with Crippen LogP contribution >= 0.6 is 11.6 Å². The van der Waals surface area contributed by atoms with Crippen LogP contribution in [0.15, 0.2) is 47.6 Å². The summed E-state index contributed by atoms with van der Waals surface area (Å²) in [6.45, 7) is 6.79. The van der Waals surface area contributed by atoms with Gasteiger partial charge in [-0.15, -0.1) is 0 Å². The molecule has 0 bridgehead atoms. The zero-order valence-corrected chi connectivity index (χ0v) is 19.2. The number of allylic oxidation sites excluding steroid dienone is 3. The number of carbonyl (C=O) groups excluding carboxylic acids is 1. The molecule has 0 radical (unpaired) electrons. The molecule has 5 rings (SSSR count). The molecule has 2 aliphatic heterocycles. The molecule has 0 aromatic heterocycles. The summed E-state index contributed by atoms with van der Waals surface area (Å²) in [6, 6.07) is 7.51. The Kier molecular flexibility index (Phi) is 5.31. The van der Waals surface area contributed by atoms with Crippen molar-refractivity contribution < 1.29 is 14.6 Å². The first kappa shape index (κ1) is 21.2. The SMILES string of the molecule is CC1=CCCC2(C)CC3OC(=O)C(CN4CCC(O)(c5ccc(Cl)cc5)CC4)C3C=C12. The van der Waals surface area contributed by atoms with Crippen molar-refractivity contribution in [1.82, 2.24) is 4.90 Å². The van der Waals surface area contributed by atoms with Crippen LogP contribution in [0.3, 0.4) is 0 Å². The van der Waals surface area contributed by atoms with Crippen molar-refractivity contribution in [3.8, 4) is 0 Å². The number of aliphatic hydroxyl groups is 1. The minimum Gasteiger partial charge on any atom is -0.461 e. The highest BCUT2D eigenvalue weighted by molar-refractivity contribution is 6.30. The maximum absolute atomic E-state index is 12.8. The van der Waals surface area contributed by atoms with Gasteiger partial charge in [0.25, 0.3) is 0 Å². The molecule has 4 unspecified atom stereocenters. The van der Waals surface area contributed by atoms with E-state index in [1.54, 1.807) is 0 Å². The predicted octanol–water partition coefficient (Wildman–Crippen LogP) is 4.86. The van der Waals surface area contributed by atoms with Crippen molar-refractivity contribution in [1.29, 1.82) is 0 Å². The first-order valence-corrected chi connectivity index (χ1v) is 12.0. The molecule has 4 aliphatic rings. The van der Waals surface area contributed by atoms with Gasteiger partial charge in [-0.25, -0.2) is 0 Å². The Morgan fingerprint density at radius 2 is 1.90 bits per heavy atom. The Bertz CT molecular complexity index is 928. The first-order chi connectivity index (χ1) is 14.8. The van der Waals surface area contributed by atoms with Gasteiger partial charge >= 0.3 is 5.97 Å². The monoisotopic (exact) mass is 441 g/mol. The van der Waals surface area contributed by atoms with Crippen LogP contribution in [0.1, 0.15) is 51.5 Å². The van der Waals surface area contributed by atoms with Crippen LogP contribution in [0.4, 0.5) is 0 Å². The highest BCUT2D eigenvalue weighted by Gasteiger charge is 2.51. The van der Waals surface area contributed by atoms with Crippen LogP contribution in [-0.4, -0.2) is 41.7 Å². The average Bonchev–Trinajstić information content (AvgIpc) is 3.02. The van der Waals surface area contributed by atoms with Crippen molar-refractivity contribution in [2.24, 2.45) is 17.3 Å². The largest absolute Gasteiger partial charge is 0.461 e. The fraction of sp³-hybridized carbons (Fsp3) is 0.577. The molecule has 4 atom stereocenters. The van der Waals surface area contributed by atoms with E-state index in [4.69, 9.17) is 16.3 Å². The lowest BCUT2D eigenvalue weighted by atomic mass is 9.62. The van der Waals surface area contributed by atoms with E-state index >= 15 is 0 Å². The zero-order valence-electron chi connectivity index (χ0n) is 18.4. The Morgan fingerprint density at radius 1 is 1.19 bits per heavy atom. The number of benzene rings is 1. The Hall–Kier alpha value is -1.62. The topological polar surface area (TPSA) is 49.8 Å². The van der Waals surface area contributed by atoms with Gasteiger partial charge in [0.1, 0.15) is 6.10 Å². The summed E-state index contributed by atoms with van der Waals surface area (Å²) in [5, 5.41) is 11.8. The summed E-state index contributed by atoms with van der Waals surface area (Å²) in [5.74, 6) is 0.00173. The highest BCUT2D eigenvalue weighted by Crippen LogP contribution is 2.52. The number of halogens is 1. The summed E-state index contributed by atoms with van der Waals surface area (Å²) >= 11 is 6.00. The van der Waals surface area contributed by atoms with E-state index in [0.29, 0.717) is 24.4 Å². The number of hydrogen-bond donors (Lipinski definition) is 1.